The zero-order valence-corrected chi connectivity index (χ0v) is 17.0. The molecule has 0 aliphatic carbocycles. The zero-order chi connectivity index (χ0) is 23.5. The van der Waals surface area contributed by atoms with Crippen LogP contribution < -0.4 is 19.6 Å². The summed E-state index contributed by atoms with van der Waals surface area (Å²) in [5.41, 5.74) is 0.115. The van der Waals surface area contributed by atoms with Crippen molar-refractivity contribution in [2.45, 2.75) is 12.5 Å². The van der Waals surface area contributed by atoms with Crippen LogP contribution in [0.3, 0.4) is 0 Å². The molecule has 0 saturated heterocycles. The summed E-state index contributed by atoms with van der Waals surface area (Å²) in [5, 5.41) is 28.5. The summed E-state index contributed by atoms with van der Waals surface area (Å²) < 4.78 is 21.8. The zero-order valence-electron chi connectivity index (χ0n) is 17.0. The molecule has 0 radical (unpaired) electrons. The maximum Gasteiger partial charge on any atom is 0.371 e. The minimum atomic E-state index is -1.36. The van der Waals surface area contributed by atoms with Crippen LogP contribution in [0.4, 0.5) is 0 Å². The number of rotatable bonds is 8. The number of carboxylic acids is 2. The van der Waals surface area contributed by atoms with Gasteiger partial charge in [0.25, 0.3) is 0 Å². The predicted octanol–water partition coefficient (Wildman–Crippen LogP) is 2.21. The molecule has 2 heterocycles. The van der Waals surface area contributed by atoms with Gasteiger partial charge in [0.05, 0.1) is 0 Å². The van der Waals surface area contributed by atoms with E-state index in [1.165, 1.54) is 24.3 Å². The van der Waals surface area contributed by atoms with E-state index < -0.39 is 29.2 Å². The topological polar surface area (TPSA) is 153 Å². The summed E-state index contributed by atoms with van der Waals surface area (Å²) in [6, 6.07) is 10.3. The van der Waals surface area contributed by atoms with Crippen LogP contribution in [0.25, 0.3) is 11.0 Å². The van der Waals surface area contributed by atoms with Crippen LogP contribution in [0.15, 0.2) is 63.5 Å². The first-order valence-corrected chi connectivity index (χ1v) is 9.80. The summed E-state index contributed by atoms with van der Waals surface area (Å²) in [7, 11) is 0. The van der Waals surface area contributed by atoms with Gasteiger partial charge in [-0.05, 0) is 30.3 Å². The van der Waals surface area contributed by atoms with Gasteiger partial charge in [-0.25, -0.2) is 9.59 Å². The number of aliphatic hydroxyl groups is 1. The van der Waals surface area contributed by atoms with Crippen molar-refractivity contribution in [3.8, 4) is 17.2 Å². The summed E-state index contributed by atoms with van der Waals surface area (Å²) >= 11 is 0. The van der Waals surface area contributed by atoms with Crippen LogP contribution >= 0.6 is 0 Å². The summed E-state index contributed by atoms with van der Waals surface area (Å²) in [6.07, 6.45) is 0.652. The number of carboxylic acid groups (broad SMARTS) is 2. The van der Waals surface area contributed by atoms with Crippen LogP contribution in [0, 0.1) is 0 Å². The number of hydrogen-bond donors (Lipinski definition) is 3. The molecule has 0 saturated carbocycles. The fourth-order valence-corrected chi connectivity index (χ4v) is 3.29. The minimum absolute atomic E-state index is 0.0489. The van der Waals surface area contributed by atoms with Gasteiger partial charge in [0.15, 0.2) is 5.43 Å². The second-order valence-corrected chi connectivity index (χ2v) is 7.10. The van der Waals surface area contributed by atoms with Crippen molar-refractivity contribution in [2.75, 3.05) is 13.2 Å². The largest absolute Gasteiger partial charge is 0.490 e. The second kappa shape index (κ2) is 9.05. The maximum absolute atomic E-state index is 12.3. The Balaban J connectivity index is 1.42. The van der Waals surface area contributed by atoms with E-state index in [0.717, 1.165) is 6.07 Å². The molecule has 0 amide bonds. The average Bonchev–Trinajstić information content (AvgIpc) is 2.80. The van der Waals surface area contributed by atoms with E-state index in [4.69, 9.17) is 28.8 Å². The molecule has 2 aromatic carbocycles. The Kier molecular flexibility index (Phi) is 6.01. The maximum atomic E-state index is 12.3. The van der Waals surface area contributed by atoms with Crippen molar-refractivity contribution < 1.29 is 43.5 Å². The molecule has 33 heavy (non-hydrogen) atoms. The number of allylic oxidation sites excluding steroid dienone is 1. The van der Waals surface area contributed by atoms with E-state index >= 15 is 0 Å². The Morgan fingerprint density at radius 2 is 1.70 bits per heavy atom. The van der Waals surface area contributed by atoms with E-state index in [0.29, 0.717) is 23.5 Å². The van der Waals surface area contributed by atoms with Gasteiger partial charge in [-0.1, -0.05) is 12.1 Å². The SMILES string of the molecule is O=C(O)C1=CCc2c(OCC(O)COc3cccc4oc(C(=O)O)cc(=O)c34)cccc2O1. The smallest absolute Gasteiger partial charge is 0.371 e. The van der Waals surface area contributed by atoms with E-state index in [9.17, 15) is 19.5 Å². The number of hydrogen-bond acceptors (Lipinski definition) is 8. The molecule has 0 bridgehead atoms. The fourth-order valence-electron chi connectivity index (χ4n) is 3.29. The molecule has 1 unspecified atom stereocenters. The molecular formula is C23H18O10. The van der Waals surface area contributed by atoms with Gasteiger partial charge in [-0.15, -0.1) is 0 Å². The summed E-state index contributed by atoms with van der Waals surface area (Å²) in [4.78, 5) is 34.5. The lowest BCUT2D eigenvalue weighted by Crippen LogP contribution is -2.26. The van der Waals surface area contributed by atoms with Gasteiger partial charge in [0.2, 0.25) is 11.5 Å². The number of ether oxygens (including phenoxy) is 3. The lowest BCUT2D eigenvalue weighted by molar-refractivity contribution is -0.135. The molecule has 10 nitrogen and oxygen atoms in total. The van der Waals surface area contributed by atoms with Gasteiger partial charge in [0, 0.05) is 18.1 Å². The normalized spacial score (nSPS) is 13.4. The highest BCUT2D eigenvalue weighted by Crippen LogP contribution is 2.34. The molecule has 0 fully saturated rings. The highest BCUT2D eigenvalue weighted by molar-refractivity contribution is 5.89. The molecule has 1 aromatic heterocycles. The lowest BCUT2D eigenvalue weighted by Gasteiger charge is -2.20. The summed E-state index contributed by atoms with van der Waals surface area (Å²) in [5.74, 6) is -2.26. The van der Waals surface area contributed by atoms with Crippen molar-refractivity contribution in [1.29, 1.82) is 0 Å². The van der Waals surface area contributed by atoms with Crippen LogP contribution in [-0.4, -0.2) is 46.6 Å². The van der Waals surface area contributed by atoms with Crippen molar-refractivity contribution in [3.63, 3.8) is 0 Å². The van der Waals surface area contributed by atoms with Crippen molar-refractivity contribution in [1.82, 2.24) is 0 Å². The molecule has 1 aliphatic rings. The third kappa shape index (κ3) is 4.65. The minimum Gasteiger partial charge on any atom is -0.490 e. The Morgan fingerprint density at radius 1 is 1.00 bits per heavy atom. The third-order valence-electron chi connectivity index (χ3n) is 4.80. The fraction of sp³-hybridized carbons (Fsp3) is 0.174. The Labute approximate surface area is 185 Å². The highest BCUT2D eigenvalue weighted by atomic mass is 16.5. The average molecular weight is 454 g/mol. The Hall–Kier alpha value is -4.31. The van der Waals surface area contributed by atoms with Gasteiger partial charge < -0.3 is 33.9 Å². The summed E-state index contributed by atoms with van der Waals surface area (Å²) in [6.45, 7) is -0.359. The quantitative estimate of drug-likeness (QED) is 0.462. The van der Waals surface area contributed by atoms with Crippen molar-refractivity contribution in [3.05, 3.63) is 75.8 Å². The lowest BCUT2D eigenvalue weighted by atomic mass is 10.1. The molecule has 1 atom stereocenters. The molecule has 3 N–H and O–H groups in total. The van der Waals surface area contributed by atoms with E-state index in [-0.39, 0.29) is 35.7 Å². The van der Waals surface area contributed by atoms with Crippen LogP contribution in [0.2, 0.25) is 0 Å². The Morgan fingerprint density at radius 3 is 2.42 bits per heavy atom. The first-order valence-electron chi connectivity index (χ1n) is 9.80. The molecule has 4 rings (SSSR count). The number of aromatic carboxylic acids is 1. The number of benzene rings is 2. The van der Waals surface area contributed by atoms with Crippen molar-refractivity contribution in [2.24, 2.45) is 0 Å². The van der Waals surface area contributed by atoms with Crippen LogP contribution in [-0.2, 0) is 11.2 Å². The molecule has 3 aromatic rings. The predicted molar refractivity (Wildman–Crippen MR) is 113 cm³/mol. The number of fused-ring (bicyclic) bond motifs is 2. The van der Waals surface area contributed by atoms with E-state index in [1.807, 2.05) is 0 Å². The third-order valence-corrected chi connectivity index (χ3v) is 4.80. The first kappa shape index (κ1) is 21.9. The molecule has 0 spiro atoms. The molecule has 170 valence electrons. The second-order valence-electron chi connectivity index (χ2n) is 7.10. The van der Waals surface area contributed by atoms with Crippen LogP contribution in [0.5, 0.6) is 17.2 Å². The highest BCUT2D eigenvalue weighted by Gasteiger charge is 2.21. The van der Waals surface area contributed by atoms with Crippen LogP contribution in [0.1, 0.15) is 16.1 Å². The number of aliphatic hydroxyl groups excluding tert-OH is 1. The number of carbonyl (C=O) groups is 2. The van der Waals surface area contributed by atoms with Gasteiger partial charge in [0.1, 0.15) is 47.5 Å². The first-order chi connectivity index (χ1) is 15.8. The van der Waals surface area contributed by atoms with E-state index in [1.54, 1.807) is 18.2 Å². The number of aliphatic carboxylic acids is 1. The van der Waals surface area contributed by atoms with Gasteiger partial charge in [-0.3, -0.25) is 4.79 Å². The van der Waals surface area contributed by atoms with Gasteiger partial charge in [-0.2, -0.15) is 0 Å². The molecular weight excluding hydrogens is 436 g/mol. The standard InChI is InChI=1S/C23H18O10/c24-12(10-30-15-3-1-4-16-13(15)7-8-19(32-16)22(26)27)11-31-17-5-2-6-18-21(17)14(25)9-20(33-18)23(28)29/h1-6,8-9,12,24H,7,10-11H2,(H,26,27)(H,28,29). The van der Waals surface area contributed by atoms with Gasteiger partial charge >= 0.3 is 11.9 Å². The Bertz CT molecular complexity index is 1320. The molecule has 10 heteroatoms. The van der Waals surface area contributed by atoms with Crippen molar-refractivity contribution >= 4 is 22.9 Å². The van der Waals surface area contributed by atoms with E-state index in [2.05, 4.69) is 0 Å². The monoisotopic (exact) mass is 454 g/mol. The molecule has 1 aliphatic heterocycles.